The summed E-state index contributed by atoms with van der Waals surface area (Å²) in [5.41, 5.74) is 6.66. The third-order valence-electron chi connectivity index (χ3n) is 4.28. The van der Waals surface area contributed by atoms with Crippen molar-refractivity contribution in [2.75, 3.05) is 37.1 Å². The minimum Gasteiger partial charge on any atom is -0.453 e. The molecule has 9 heteroatoms. The Morgan fingerprint density at radius 2 is 1.93 bits per heavy atom. The number of amides is 3. The Balaban J connectivity index is 2.29. The molecule has 0 spiro atoms. The van der Waals surface area contributed by atoms with Crippen LogP contribution >= 0.6 is 0 Å². The van der Waals surface area contributed by atoms with Crippen LogP contribution in [0.3, 0.4) is 0 Å². The van der Waals surface area contributed by atoms with Gasteiger partial charge in [0.25, 0.3) is 5.91 Å². The van der Waals surface area contributed by atoms with Gasteiger partial charge >= 0.3 is 6.09 Å². The van der Waals surface area contributed by atoms with E-state index in [2.05, 4.69) is 15.5 Å². The van der Waals surface area contributed by atoms with E-state index in [1.165, 1.54) is 7.11 Å². The van der Waals surface area contributed by atoms with Crippen LogP contribution < -0.4 is 21.3 Å². The number of primary amides is 1. The summed E-state index contributed by atoms with van der Waals surface area (Å²) in [5, 5.41) is 5.29. The number of carbonyl (C=O) groups excluding carboxylic acids is 3. The minimum atomic E-state index is -0.629. The highest BCUT2D eigenvalue weighted by Gasteiger charge is 2.28. The summed E-state index contributed by atoms with van der Waals surface area (Å²) >= 11 is 0. The van der Waals surface area contributed by atoms with Crippen molar-refractivity contribution >= 4 is 29.3 Å². The van der Waals surface area contributed by atoms with Gasteiger partial charge in [-0.05, 0) is 32.0 Å². The first kappa shape index (κ1) is 20.5. The monoisotopic (exact) mass is 378 g/mol. The molecular formula is C18H26N4O5. The van der Waals surface area contributed by atoms with Crippen molar-refractivity contribution < 1.29 is 23.9 Å². The summed E-state index contributed by atoms with van der Waals surface area (Å²) in [6.45, 7) is 5.34. The third-order valence-corrected chi connectivity index (χ3v) is 4.28. The lowest BCUT2D eigenvalue weighted by Gasteiger charge is -2.41. The van der Waals surface area contributed by atoms with Crippen molar-refractivity contribution in [1.82, 2.24) is 5.32 Å². The van der Waals surface area contributed by atoms with E-state index in [0.29, 0.717) is 24.5 Å². The van der Waals surface area contributed by atoms with Crippen LogP contribution in [0.2, 0.25) is 0 Å². The van der Waals surface area contributed by atoms with Crippen LogP contribution in [0.5, 0.6) is 0 Å². The maximum absolute atomic E-state index is 12.3. The van der Waals surface area contributed by atoms with Crippen molar-refractivity contribution in [3.63, 3.8) is 0 Å². The Kier molecular flexibility index (Phi) is 7.00. The van der Waals surface area contributed by atoms with Gasteiger partial charge in [0.15, 0.2) is 0 Å². The molecule has 1 fully saturated rings. The number of nitrogens with one attached hydrogen (secondary N) is 2. The zero-order chi connectivity index (χ0) is 20.0. The van der Waals surface area contributed by atoms with Crippen molar-refractivity contribution in [2.24, 2.45) is 5.73 Å². The smallest absolute Gasteiger partial charge is 0.411 e. The lowest BCUT2D eigenvalue weighted by atomic mass is 10.1. The highest BCUT2D eigenvalue weighted by Crippen LogP contribution is 2.32. The number of hydrogen-bond acceptors (Lipinski definition) is 6. The lowest BCUT2D eigenvalue weighted by molar-refractivity contribution is -0.117. The molecule has 0 aromatic heterocycles. The quantitative estimate of drug-likeness (QED) is 0.681. The number of rotatable bonds is 6. The highest BCUT2D eigenvalue weighted by molar-refractivity contribution is 5.98. The van der Waals surface area contributed by atoms with Gasteiger partial charge in [0.05, 0.1) is 31.7 Å². The van der Waals surface area contributed by atoms with E-state index in [1.807, 2.05) is 13.8 Å². The minimum absolute atomic E-state index is 0.0555. The van der Waals surface area contributed by atoms with Gasteiger partial charge in [0, 0.05) is 30.6 Å². The molecule has 0 aliphatic carbocycles. The molecule has 1 aromatic rings. The molecule has 1 aliphatic rings. The molecule has 1 saturated heterocycles. The van der Waals surface area contributed by atoms with Crippen LogP contribution in [0.25, 0.3) is 0 Å². The lowest BCUT2D eigenvalue weighted by Crippen LogP contribution is -2.50. The van der Waals surface area contributed by atoms with Gasteiger partial charge in [-0.2, -0.15) is 0 Å². The predicted molar refractivity (Wildman–Crippen MR) is 101 cm³/mol. The normalized spacial score (nSPS) is 19.3. The van der Waals surface area contributed by atoms with Crippen LogP contribution in [-0.2, 0) is 14.3 Å². The van der Waals surface area contributed by atoms with Gasteiger partial charge in [0.1, 0.15) is 0 Å². The van der Waals surface area contributed by atoms with E-state index >= 15 is 0 Å². The number of methoxy groups -OCH3 is 1. The average Bonchev–Trinajstić information content (AvgIpc) is 2.62. The molecule has 148 valence electrons. The van der Waals surface area contributed by atoms with Crippen molar-refractivity contribution in [2.45, 2.75) is 32.4 Å². The Labute approximate surface area is 158 Å². The van der Waals surface area contributed by atoms with Crippen LogP contribution in [0.4, 0.5) is 16.2 Å². The van der Waals surface area contributed by atoms with Gasteiger partial charge in [-0.25, -0.2) is 4.79 Å². The number of nitrogens with two attached hydrogens (primary N) is 1. The average molecular weight is 378 g/mol. The molecule has 1 aromatic carbocycles. The van der Waals surface area contributed by atoms with E-state index in [9.17, 15) is 14.4 Å². The van der Waals surface area contributed by atoms with E-state index in [-0.39, 0.29) is 31.0 Å². The first-order chi connectivity index (χ1) is 12.8. The second-order valence-electron chi connectivity index (χ2n) is 6.46. The molecule has 0 bridgehead atoms. The number of nitrogens with zero attached hydrogens (tertiary/aromatic N) is 1. The molecule has 0 saturated carbocycles. The Hall–Kier alpha value is -2.81. The number of morpholine rings is 1. The van der Waals surface area contributed by atoms with Crippen molar-refractivity contribution in [3.8, 4) is 0 Å². The summed E-state index contributed by atoms with van der Waals surface area (Å²) in [6, 6.07) is 5.24. The first-order valence-electron chi connectivity index (χ1n) is 8.75. The maximum atomic E-state index is 12.3. The van der Waals surface area contributed by atoms with Gasteiger partial charge in [0.2, 0.25) is 5.91 Å². The molecule has 0 radical (unpaired) electrons. The Morgan fingerprint density at radius 3 is 2.52 bits per heavy atom. The number of anilines is 2. The summed E-state index contributed by atoms with van der Waals surface area (Å²) in [7, 11) is 1.27. The molecular weight excluding hydrogens is 352 g/mol. The van der Waals surface area contributed by atoms with E-state index in [0.717, 1.165) is 5.69 Å². The zero-order valence-electron chi connectivity index (χ0n) is 15.8. The molecule has 9 nitrogen and oxygen atoms in total. The fraction of sp³-hybridized carbons (Fsp3) is 0.500. The number of ether oxygens (including phenoxy) is 2. The molecule has 27 heavy (non-hydrogen) atoms. The fourth-order valence-electron chi connectivity index (χ4n) is 3.04. The predicted octanol–water partition coefficient (Wildman–Crippen LogP) is 1.08. The van der Waals surface area contributed by atoms with Crippen LogP contribution in [0, 0.1) is 0 Å². The maximum Gasteiger partial charge on any atom is 0.411 e. The number of hydrogen-bond donors (Lipinski definition) is 3. The molecule has 2 rings (SSSR count). The van der Waals surface area contributed by atoms with Crippen LogP contribution in [0.15, 0.2) is 18.2 Å². The summed E-state index contributed by atoms with van der Waals surface area (Å²) in [6.07, 6.45) is -0.573. The molecule has 3 amide bonds. The summed E-state index contributed by atoms with van der Waals surface area (Å²) in [4.78, 5) is 37.0. The molecule has 2 unspecified atom stereocenters. The zero-order valence-corrected chi connectivity index (χ0v) is 15.8. The second kappa shape index (κ2) is 9.22. The van der Waals surface area contributed by atoms with Crippen LogP contribution in [-0.4, -0.2) is 56.9 Å². The molecule has 2 atom stereocenters. The van der Waals surface area contributed by atoms with Gasteiger partial charge in [-0.15, -0.1) is 0 Å². The van der Waals surface area contributed by atoms with Crippen molar-refractivity contribution in [3.05, 3.63) is 23.8 Å². The fourth-order valence-corrected chi connectivity index (χ4v) is 3.04. The van der Waals surface area contributed by atoms with E-state index < -0.39 is 12.0 Å². The van der Waals surface area contributed by atoms with Gasteiger partial charge < -0.3 is 25.4 Å². The number of carbonyl (C=O) groups is 3. The first-order valence-corrected chi connectivity index (χ1v) is 8.75. The second-order valence-corrected chi connectivity index (χ2v) is 6.46. The standard InChI is InChI=1S/C18H26N4O5/c1-11-9-27-10-12(2)22(11)15-5-4-13(8-14(15)21-18(25)26-3)17(24)20-7-6-16(19)23/h4-5,8,11-12H,6-7,9-10H2,1-3H3,(H2,19,23)(H,20,24)(H,21,25). The molecule has 4 N–H and O–H groups in total. The van der Waals surface area contributed by atoms with E-state index in [4.69, 9.17) is 15.2 Å². The topological polar surface area (TPSA) is 123 Å². The summed E-state index contributed by atoms with van der Waals surface area (Å²) in [5.74, 6) is -0.854. The molecule has 1 heterocycles. The number of benzene rings is 1. The molecule has 1 aliphatic heterocycles. The van der Waals surface area contributed by atoms with Gasteiger partial charge in [-0.1, -0.05) is 0 Å². The van der Waals surface area contributed by atoms with Gasteiger partial charge in [-0.3, -0.25) is 14.9 Å². The third kappa shape index (κ3) is 5.33. The van der Waals surface area contributed by atoms with Crippen LogP contribution in [0.1, 0.15) is 30.6 Å². The summed E-state index contributed by atoms with van der Waals surface area (Å²) < 4.78 is 10.3. The van der Waals surface area contributed by atoms with Crippen molar-refractivity contribution in [1.29, 1.82) is 0 Å². The Morgan fingerprint density at radius 1 is 1.26 bits per heavy atom. The highest BCUT2D eigenvalue weighted by atomic mass is 16.5. The SMILES string of the molecule is COC(=O)Nc1cc(C(=O)NCCC(N)=O)ccc1N1C(C)COCC1C. The van der Waals surface area contributed by atoms with E-state index in [1.54, 1.807) is 18.2 Å². The largest absolute Gasteiger partial charge is 0.453 e. The Bertz CT molecular complexity index is 699.